The molecule has 0 saturated carbocycles. The summed E-state index contributed by atoms with van der Waals surface area (Å²) in [5.41, 5.74) is 4.70. The molecule has 1 aromatic carbocycles. The van der Waals surface area contributed by atoms with Crippen LogP contribution in [0.25, 0.3) is 22.6 Å². The maximum Gasteiger partial charge on any atom is 0.228 e. The number of hydrogen-bond donors (Lipinski definition) is 2. The maximum atomic E-state index is 12.3. The Labute approximate surface area is 160 Å². The molecule has 4 aromatic rings. The van der Waals surface area contributed by atoms with Crippen molar-refractivity contribution in [1.29, 1.82) is 0 Å². The van der Waals surface area contributed by atoms with Crippen molar-refractivity contribution >= 4 is 34.4 Å². The molecule has 27 heavy (non-hydrogen) atoms. The maximum absolute atomic E-state index is 12.3. The monoisotopic (exact) mass is 377 g/mol. The van der Waals surface area contributed by atoms with E-state index in [1.807, 2.05) is 19.1 Å². The number of nitrogens with zero attached hydrogens (tertiary/aromatic N) is 3. The van der Waals surface area contributed by atoms with E-state index in [0.29, 0.717) is 27.7 Å². The lowest BCUT2D eigenvalue weighted by atomic mass is 10.1. The van der Waals surface area contributed by atoms with Gasteiger partial charge in [0.25, 0.3) is 0 Å². The van der Waals surface area contributed by atoms with Gasteiger partial charge in [0.1, 0.15) is 5.82 Å². The van der Waals surface area contributed by atoms with Crippen molar-refractivity contribution < 1.29 is 4.79 Å². The number of carbonyl (C=O) groups is 1. The van der Waals surface area contributed by atoms with Crippen LogP contribution in [0.3, 0.4) is 0 Å². The number of rotatable bonds is 4. The van der Waals surface area contributed by atoms with E-state index in [1.54, 1.807) is 42.9 Å². The first-order valence-corrected chi connectivity index (χ1v) is 8.77. The number of nitrogens with one attached hydrogen (secondary N) is 2. The number of fused-ring (bicyclic) bond motifs is 1. The fraction of sp³-hybridized carbons (Fsp3) is 0.100. The van der Waals surface area contributed by atoms with Gasteiger partial charge >= 0.3 is 0 Å². The molecule has 0 unspecified atom stereocenters. The minimum atomic E-state index is -0.127. The Kier molecular flexibility index (Phi) is 4.56. The molecule has 0 fully saturated rings. The lowest BCUT2D eigenvalue weighted by Crippen LogP contribution is -2.14. The van der Waals surface area contributed by atoms with Gasteiger partial charge in [0.2, 0.25) is 5.91 Å². The highest BCUT2D eigenvalue weighted by molar-refractivity contribution is 6.33. The molecule has 6 nitrogen and oxygen atoms in total. The highest BCUT2D eigenvalue weighted by atomic mass is 35.5. The van der Waals surface area contributed by atoms with Gasteiger partial charge in [-0.05, 0) is 48.4 Å². The summed E-state index contributed by atoms with van der Waals surface area (Å²) in [7, 11) is 0. The molecule has 0 spiro atoms. The lowest BCUT2D eigenvalue weighted by Gasteiger charge is -2.08. The lowest BCUT2D eigenvalue weighted by molar-refractivity contribution is -0.115. The molecule has 0 aliphatic heterocycles. The van der Waals surface area contributed by atoms with Gasteiger partial charge in [0, 0.05) is 29.8 Å². The fourth-order valence-corrected chi connectivity index (χ4v) is 3.02. The molecule has 3 heterocycles. The molecular formula is C20H16ClN5O. The van der Waals surface area contributed by atoms with E-state index >= 15 is 0 Å². The van der Waals surface area contributed by atoms with E-state index in [0.717, 1.165) is 16.6 Å². The number of benzene rings is 1. The highest BCUT2D eigenvalue weighted by Gasteiger charge is 2.12. The Morgan fingerprint density at radius 2 is 2.11 bits per heavy atom. The summed E-state index contributed by atoms with van der Waals surface area (Å²) in [6, 6.07) is 10.9. The van der Waals surface area contributed by atoms with Crippen LogP contribution in [-0.4, -0.2) is 25.8 Å². The zero-order valence-electron chi connectivity index (χ0n) is 14.5. The second-order valence-corrected chi connectivity index (χ2v) is 6.66. The first kappa shape index (κ1) is 17.2. The fourth-order valence-electron chi connectivity index (χ4n) is 2.81. The van der Waals surface area contributed by atoms with Crippen molar-refractivity contribution in [3.8, 4) is 11.4 Å². The predicted octanol–water partition coefficient (Wildman–Crippen LogP) is 4.16. The van der Waals surface area contributed by atoms with E-state index in [-0.39, 0.29) is 12.3 Å². The molecule has 0 atom stereocenters. The van der Waals surface area contributed by atoms with Crippen LogP contribution in [0.15, 0.2) is 55.0 Å². The summed E-state index contributed by atoms with van der Waals surface area (Å²) in [4.78, 5) is 28.4. The van der Waals surface area contributed by atoms with Gasteiger partial charge in [-0.3, -0.25) is 9.78 Å². The van der Waals surface area contributed by atoms with E-state index < -0.39 is 0 Å². The standard InChI is InChI=1S/C20H16ClN5O/c1-12-7-17-20(23-10-12)26-19(25-17)15-9-14(4-5-16(15)21)24-18(27)8-13-3-2-6-22-11-13/h2-7,9-11H,8H2,1H3,(H,24,27)(H,23,25,26). The van der Waals surface area contributed by atoms with Crippen LogP contribution in [-0.2, 0) is 11.2 Å². The molecule has 1 amide bonds. The molecule has 3 aromatic heterocycles. The zero-order valence-corrected chi connectivity index (χ0v) is 15.3. The van der Waals surface area contributed by atoms with Crippen molar-refractivity contribution in [3.05, 3.63) is 71.1 Å². The Hall–Kier alpha value is -3.25. The van der Waals surface area contributed by atoms with Gasteiger partial charge in [-0.2, -0.15) is 0 Å². The van der Waals surface area contributed by atoms with Crippen LogP contribution >= 0.6 is 11.6 Å². The molecule has 0 radical (unpaired) electrons. The summed E-state index contributed by atoms with van der Waals surface area (Å²) in [6.07, 6.45) is 5.37. The SMILES string of the molecule is Cc1cnc2nc(-c3cc(NC(=O)Cc4cccnc4)ccc3Cl)[nH]c2c1. The van der Waals surface area contributed by atoms with Gasteiger partial charge < -0.3 is 10.3 Å². The zero-order chi connectivity index (χ0) is 18.8. The van der Waals surface area contributed by atoms with Crippen LogP contribution in [0.1, 0.15) is 11.1 Å². The Morgan fingerprint density at radius 1 is 1.22 bits per heavy atom. The average molecular weight is 378 g/mol. The van der Waals surface area contributed by atoms with Crippen molar-refractivity contribution in [1.82, 2.24) is 19.9 Å². The Morgan fingerprint density at radius 3 is 2.93 bits per heavy atom. The highest BCUT2D eigenvalue weighted by Crippen LogP contribution is 2.30. The average Bonchev–Trinajstić information content (AvgIpc) is 3.07. The van der Waals surface area contributed by atoms with Gasteiger partial charge in [0.15, 0.2) is 5.65 Å². The van der Waals surface area contributed by atoms with Crippen molar-refractivity contribution in [2.75, 3.05) is 5.32 Å². The van der Waals surface area contributed by atoms with Crippen LogP contribution in [0.5, 0.6) is 0 Å². The first-order chi connectivity index (χ1) is 13.1. The molecule has 0 bridgehead atoms. The van der Waals surface area contributed by atoms with Crippen molar-refractivity contribution in [2.24, 2.45) is 0 Å². The van der Waals surface area contributed by atoms with E-state index in [2.05, 4.69) is 25.3 Å². The minimum Gasteiger partial charge on any atom is -0.337 e. The molecular weight excluding hydrogens is 362 g/mol. The number of imidazole rings is 1. The number of aromatic nitrogens is 4. The number of pyridine rings is 2. The smallest absolute Gasteiger partial charge is 0.228 e. The van der Waals surface area contributed by atoms with Gasteiger partial charge in [0.05, 0.1) is 17.0 Å². The van der Waals surface area contributed by atoms with Crippen LogP contribution in [0.4, 0.5) is 5.69 Å². The molecule has 4 rings (SSSR count). The third kappa shape index (κ3) is 3.80. The van der Waals surface area contributed by atoms with Gasteiger partial charge in [-0.1, -0.05) is 17.7 Å². The number of halogens is 1. The van der Waals surface area contributed by atoms with Crippen molar-refractivity contribution in [3.63, 3.8) is 0 Å². The van der Waals surface area contributed by atoms with Gasteiger partial charge in [-0.25, -0.2) is 9.97 Å². The normalized spacial score (nSPS) is 10.9. The predicted molar refractivity (Wildman–Crippen MR) is 106 cm³/mol. The van der Waals surface area contributed by atoms with E-state index in [4.69, 9.17) is 11.6 Å². The summed E-state index contributed by atoms with van der Waals surface area (Å²) in [5.74, 6) is 0.481. The number of H-pyrrole nitrogens is 1. The topological polar surface area (TPSA) is 83.6 Å². The molecule has 0 saturated heterocycles. The number of aryl methyl sites for hydroxylation is 1. The van der Waals surface area contributed by atoms with E-state index in [1.165, 1.54) is 0 Å². The minimum absolute atomic E-state index is 0.127. The number of aromatic amines is 1. The van der Waals surface area contributed by atoms with Crippen LogP contribution in [0.2, 0.25) is 5.02 Å². The second kappa shape index (κ2) is 7.17. The Bertz CT molecular complexity index is 1120. The number of hydrogen-bond acceptors (Lipinski definition) is 4. The van der Waals surface area contributed by atoms with Crippen molar-refractivity contribution in [2.45, 2.75) is 13.3 Å². The summed E-state index contributed by atoms with van der Waals surface area (Å²) >= 11 is 6.35. The summed E-state index contributed by atoms with van der Waals surface area (Å²) in [5, 5.41) is 3.43. The third-order valence-corrected chi connectivity index (χ3v) is 4.40. The molecule has 2 N–H and O–H groups in total. The molecule has 134 valence electrons. The van der Waals surface area contributed by atoms with Gasteiger partial charge in [-0.15, -0.1) is 0 Å². The number of anilines is 1. The molecule has 7 heteroatoms. The number of carbonyl (C=O) groups excluding carboxylic acids is 1. The van der Waals surface area contributed by atoms with Crippen LogP contribution < -0.4 is 5.32 Å². The number of amides is 1. The third-order valence-electron chi connectivity index (χ3n) is 4.07. The quantitative estimate of drug-likeness (QED) is 0.559. The Balaban J connectivity index is 1.60. The largest absolute Gasteiger partial charge is 0.337 e. The van der Waals surface area contributed by atoms with Crippen LogP contribution in [0, 0.1) is 6.92 Å². The summed E-state index contributed by atoms with van der Waals surface area (Å²) < 4.78 is 0. The van der Waals surface area contributed by atoms with E-state index in [9.17, 15) is 4.79 Å². The second-order valence-electron chi connectivity index (χ2n) is 6.25. The molecule has 0 aliphatic carbocycles. The summed E-state index contributed by atoms with van der Waals surface area (Å²) in [6.45, 7) is 1.97. The first-order valence-electron chi connectivity index (χ1n) is 8.39. The molecule has 0 aliphatic rings.